The van der Waals surface area contributed by atoms with E-state index in [4.69, 9.17) is 0 Å². The van der Waals surface area contributed by atoms with Gasteiger partial charge in [0.25, 0.3) is 0 Å². The molecule has 28 heavy (non-hydrogen) atoms. The summed E-state index contributed by atoms with van der Waals surface area (Å²) in [5.41, 5.74) is 0.166. The van der Waals surface area contributed by atoms with Crippen molar-refractivity contribution in [3.05, 3.63) is 5.01 Å². The Kier molecular flexibility index (Phi) is 4.56. The summed E-state index contributed by atoms with van der Waals surface area (Å²) < 4.78 is 25.4. The fourth-order valence-electron chi connectivity index (χ4n) is 6.61. The minimum atomic E-state index is -3.40. The molecule has 4 aliphatic carbocycles. The van der Waals surface area contributed by atoms with E-state index in [-0.39, 0.29) is 11.3 Å². The molecule has 4 saturated carbocycles. The van der Waals surface area contributed by atoms with Gasteiger partial charge >= 0.3 is 0 Å². The number of sulfonamides is 1. The van der Waals surface area contributed by atoms with Gasteiger partial charge in [-0.1, -0.05) is 17.8 Å². The molecule has 5 fully saturated rings. The predicted octanol–water partition coefficient (Wildman–Crippen LogP) is 2.76. The number of piperidine rings is 1. The summed E-state index contributed by atoms with van der Waals surface area (Å²) in [5.74, 6) is 2.22. The van der Waals surface area contributed by atoms with Crippen LogP contribution in [0.5, 0.6) is 0 Å². The Balaban J connectivity index is 1.32. The van der Waals surface area contributed by atoms with Gasteiger partial charge in [0, 0.05) is 12.0 Å². The van der Waals surface area contributed by atoms with Gasteiger partial charge < -0.3 is 0 Å². The summed E-state index contributed by atoms with van der Waals surface area (Å²) in [6, 6.07) is -0.643. The van der Waals surface area contributed by atoms with E-state index in [0.717, 1.165) is 35.6 Å². The normalized spacial score (nSPS) is 37.9. The standard InChI is InChI=1S/C19H28N4O3S2/c1-28(25,26)23-5-3-2-4-15(23)16(24)20-18-22-21-17(27-18)19-9-12-6-13(10-19)8-14(7-12)11-19/h12-15H,2-11H2,1H3,(H,20,22,24). The molecular weight excluding hydrogens is 396 g/mol. The first-order valence-corrected chi connectivity index (χ1v) is 13.1. The van der Waals surface area contributed by atoms with Crippen molar-refractivity contribution in [2.45, 2.75) is 69.2 Å². The highest BCUT2D eigenvalue weighted by atomic mass is 32.2. The molecule has 1 aliphatic heterocycles. The molecule has 5 aliphatic rings. The third-order valence-electron chi connectivity index (χ3n) is 7.33. The monoisotopic (exact) mass is 424 g/mol. The van der Waals surface area contributed by atoms with Gasteiger partial charge in [0.15, 0.2) is 0 Å². The average Bonchev–Trinajstić information content (AvgIpc) is 3.09. The van der Waals surface area contributed by atoms with E-state index < -0.39 is 16.1 Å². The van der Waals surface area contributed by atoms with Crippen molar-refractivity contribution in [1.29, 1.82) is 0 Å². The second kappa shape index (κ2) is 6.74. The minimum Gasteiger partial charge on any atom is -0.299 e. The van der Waals surface area contributed by atoms with Crippen molar-refractivity contribution in [3.63, 3.8) is 0 Å². The fourth-order valence-corrected chi connectivity index (χ4v) is 8.70. The van der Waals surface area contributed by atoms with Crippen LogP contribution >= 0.6 is 11.3 Å². The molecule has 6 rings (SSSR count). The lowest BCUT2D eigenvalue weighted by Gasteiger charge is -2.55. The summed E-state index contributed by atoms with van der Waals surface area (Å²) in [6.07, 6.45) is 11.2. The zero-order chi connectivity index (χ0) is 19.5. The molecule has 1 N–H and O–H groups in total. The van der Waals surface area contributed by atoms with Crippen LogP contribution in [0.15, 0.2) is 0 Å². The lowest BCUT2D eigenvalue weighted by Crippen LogP contribution is -2.49. The Morgan fingerprint density at radius 3 is 2.36 bits per heavy atom. The maximum atomic E-state index is 12.8. The number of nitrogens with one attached hydrogen (secondary N) is 1. The van der Waals surface area contributed by atoms with Gasteiger partial charge in [-0.15, -0.1) is 10.2 Å². The molecule has 0 aromatic carbocycles. The molecule has 154 valence electrons. The van der Waals surface area contributed by atoms with E-state index in [0.29, 0.717) is 18.1 Å². The molecule has 1 saturated heterocycles. The van der Waals surface area contributed by atoms with E-state index in [9.17, 15) is 13.2 Å². The van der Waals surface area contributed by atoms with Crippen molar-refractivity contribution < 1.29 is 13.2 Å². The largest absolute Gasteiger partial charge is 0.299 e. The van der Waals surface area contributed by atoms with Crippen molar-refractivity contribution in [2.75, 3.05) is 18.1 Å². The smallest absolute Gasteiger partial charge is 0.244 e. The van der Waals surface area contributed by atoms with Crippen LogP contribution in [0.1, 0.15) is 62.8 Å². The summed E-state index contributed by atoms with van der Waals surface area (Å²) in [6.45, 7) is 0.408. The number of carbonyl (C=O) groups excluding carboxylic acids is 1. The van der Waals surface area contributed by atoms with Crippen LogP contribution in [0.2, 0.25) is 0 Å². The zero-order valence-electron chi connectivity index (χ0n) is 16.3. The Bertz CT molecular complexity index is 846. The number of aromatic nitrogens is 2. The van der Waals surface area contributed by atoms with Crippen LogP contribution in [-0.2, 0) is 20.2 Å². The molecule has 1 aromatic rings. The average molecular weight is 425 g/mol. The molecule has 1 aromatic heterocycles. The number of anilines is 1. The van der Waals surface area contributed by atoms with E-state index in [1.165, 1.54) is 60.4 Å². The molecule has 1 atom stereocenters. The van der Waals surface area contributed by atoms with Gasteiger partial charge in [-0.25, -0.2) is 8.42 Å². The van der Waals surface area contributed by atoms with Crippen molar-refractivity contribution in [1.82, 2.24) is 14.5 Å². The highest BCUT2D eigenvalue weighted by Gasteiger charge is 2.53. The van der Waals surface area contributed by atoms with Gasteiger partial charge in [-0.2, -0.15) is 4.31 Å². The van der Waals surface area contributed by atoms with Gasteiger partial charge in [-0.05, 0) is 69.1 Å². The SMILES string of the molecule is CS(=O)(=O)N1CCCCC1C(=O)Nc1nnc(C23CC4CC(CC(C4)C2)C3)s1. The summed E-state index contributed by atoms with van der Waals surface area (Å²) in [7, 11) is -3.40. The van der Waals surface area contributed by atoms with E-state index >= 15 is 0 Å². The third kappa shape index (κ3) is 3.29. The van der Waals surface area contributed by atoms with Gasteiger partial charge in [0.1, 0.15) is 11.0 Å². The molecule has 1 unspecified atom stereocenters. The van der Waals surface area contributed by atoms with Crippen LogP contribution in [0.25, 0.3) is 0 Å². The number of hydrogen-bond acceptors (Lipinski definition) is 6. The maximum Gasteiger partial charge on any atom is 0.244 e. The number of amides is 1. The quantitative estimate of drug-likeness (QED) is 0.802. The third-order valence-corrected chi connectivity index (χ3v) is 9.70. The fraction of sp³-hybridized carbons (Fsp3) is 0.842. The minimum absolute atomic E-state index is 0.166. The van der Waals surface area contributed by atoms with E-state index in [2.05, 4.69) is 15.5 Å². The molecular formula is C19H28N4O3S2. The lowest BCUT2D eigenvalue weighted by molar-refractivity contribution is -0.120. The summed E-state index contributed by atoms with van der Waals surface area (Å²) in [4.78, 5) is 12.8. The zero-order valence-corrected chi connectivity index (χ0v) is 17.9. The number of hydrogen-bond donors (Lipinski definition) is 1. The van der Waals surface area contributed by atoms with Crippen molar-refractivity contribution >= 4 is 32.4 Å². The maximum absolute atomic E-state index is 12.8. The Morgan fingerprint density at radius 1 is 1.11 bits per heavy atom. The number of nitrogens with zero attached hydrogens (tertiary/aromatic N) is 3. The first-order chi connectivity index (χ1) is 13.3. The van der Waals surface area contributed by atoms with E-state index in [1.54, 1.807) is 0 Å². The number of rotatable bonds is 4. The molecule has 2 heterocycles. The summed E-state index contributed by atoms with van der Waals surface area (Å²) >= 11 is 1.50. The Hall–Kier alpha value is -1.06. The second-order valence-electron chi connectivity index (χ2n) is 9.48. The molecule has 7 nitrogen and oxygen atoms in total. The first kappa shape index (κ1) is 18.9. The predicted molar refractivity (Wildman–Crippen MR) is 108 cm³/mol. The molecule has 0 spiro atoms. The lowest BCUT2D eigenvalue weighted by atomic mass is 9.50. The highest BCUT2D eigenvalue weighted by molar-refractivity contribution is 7.88. The topological polar surface area (TPSA) is 92.3 Å². The van der Waals surface area contributed by atoms with Gasteiger partial charge in [0.05, 0.1) is 6.26 Å². The van der Waals surface area contributed by atoms with Crippen LogP contribution in [0, 0.1) is 17.8 Å². The molecule has 0 radical (unpaired) electrons. The van der Waals surface area contributed by atoms with Crippen molar-refractivity contribution in [3.8, 4) is 0 Å². The second-order valence-corrected chi connectivity index (χ2v) is 12.4. The van der Waals surface area contributed by atoms with Gasteiger partial charge in [-0.3, -0.25) is 10.1 Å². The van der Waals surface area contributed by atoms with Crippen LogP contribution in [0.4, 0.5) is 5.13 Å². The molecule has 1 amide bonds. The van der Waals surface area contributed by atoms with Crippen molar-refractivity contribution in [2.24, 2.45) is 17.8 Å². The summed E-state index contributed by atoms with van der Waals surface area (Å²) in [5, 5.41) is 13.2. The Labute approximate surface area is 170 Å². The van der Waals surface area contributed by atoms with Crippen LogP contribution < -0.4 is 5.32 Å². The van der Waals surface area contributed by atoms with Gasteiger partial charge in [0.2, 0.25) is 21.1 Å². The molecule has 9 heteroatoms. The first-order valence-electron chi connectivity index (χ1n) is 10.4. The molecule has 4 bridgehead atoms. The van der Waals surface area contributed by atoms with Crippen LogP contribution in [0.3, 0.4) is 0 Å². The Morgan fingerprint density at radius 2 is 1.75 bits per heavy atom. The van der Waals surface area contributed by atoms with Crippen LogP contribution in [-0.4, -0.2) is 47.7 Å². The van der Waals surface area contributed by atoms with E-state index in [1.807, 2.05) is 0 Å². The highest BCUT2D eigenvalue weighted by Crippen LogP contribution is 2.61. The number of carbonyl (C=O) groups is 1.